The predicted molar refractivity (Wildman–Crippen MR) is 113 cm³/mol. The Morgan fingerprint density at radius 1 is 0.964 bits per heavy atom. The Morgan fingerprint density at radius 3 is 2.18 bits per heavy atom. The van der Waals surface area contributed by atoms with E-state index < -0.39 is 5.91 Å². The molecule has 3 aromatic carbocycles. The van der Waals surface area contributed by atoms with Crippen LogP contribution in [0.1, 0.15) is 5.56 Å². The lowest BCUT2D eigenvalue weighted by molar-refractivity contribution is -0.112. The maximum atomic E-state index is 12.6. The van der Waals surface area contributed by atoms with Gasteiger partial charge in [-0.2, -0.15) is 5.26 Å². The molecular weight excluding hydrogens is 370 g/mol. The molecule has 0 fully saturated rings. The van der Waals surface area contributed by atoms with E-state index in [-0.39, 0.29) is 5.57 Å². The van der Waals surface area contributed by atoms with Gasteiger partial charge in [0.2, 0.25) is 0 Å². The molecule has 28 heavy (non-hydrogen) atoms. The molecule has 3 rings (SSSR count). The minimum atomic E-state index is -0.473. The van der Waals surface area contributed by atoms with Gasteiger partial charge in [-0.25, -0.2) is 0 Å². The Hall–Kier alpha value is -3.55. The topological polar surface area (TPSA) is 56.1 Å². The second kappa shape index (κ2) is 9.40. The molecule has 0 aromatic heterocycles. The van der Waals surface area contributed by atoms with E-state index in [4.69, 9.17) is 11.6 Å². The summed E-state index contributed by atoms with van der Waals surface area (Å²) in [5.74, 6) is -0.473. The summed E-state index contributed by atoms with van der Waals surface area (Å²) in [6.07, 6.45) is 1.58. The molecule has 4 nitrogen and oxygen atoms in total. The Morgan fingerprint density at radius 2 is 1.57 bits per heavy atom. The molecule has 0 aliphatic heterocycles. The number of rotatable bonds is 6. The van der Waals surface area contributed by atoms with Crippen molar-refractivity contribution in [2.45, 2.75) is 6.54 Å². The molecule has 138 valence electrons. The van der Waals surface area contributed by atoms with Crippen molar-refractivity contribution in [3.8, 4) is 6.07 Å². The lowest BCUT2D eigenvalue weighted by Gasteiger charge is -2.21. The zero-order chi connectivity index (χ0) is 19.8. The van der Waals surface area contributed by atoms with Gasteiger partial charge in [0.25, 0.3) is 5.91 Å². The fourth-order valence-corrected chi connectivity index (χ4v) is 2.76. The number of halogens is 1. The first-order valence-electron chi connectivity index (χ1n) is 8.70. The molecule has 3 aromatic rings. The molecule has 1 amide bonds. The first kappa shape index (κ1) is 19.2. The van der Waals surface area contributed by atoms with Gasteiger partial charge in [0.1, 0.15) is 11.6 Å². The molecule has 0 heterocycles. The average molecular weight is 388 g/mol. The van der Waals surface area contributed by atoms with Gasteiger partial charge in [-0.3, -0.25) is 4.79 Å². The van der Waals surface area contributed by atoms with E-state index in [1.807, 2.05) is 71.6 Å². The SMILES string of the molecule is N#C/C(=C/N(Cc1ccccc1)c1ccccc1)C(=O)Nc1ccc(Cl)cc1. The van der Waals surface area contributed by atoms with E-state index >= 15 is 0 Å². The highest BCUT2D eigenvalue weighted by Gasteiger charge is 2.13. The Labute approximate surface area is 169 Å². The van der Waals surface area contributed by atoms with Gasteiger partial charge in [-0.15, -0.1) is 0 Å². The lowest BCUT2D eigenvalue weighted by Crippen LogP contribution is -2.20. The van der Waals surface area contributed by atoms with E-state index in [1.54, 1.807) is 30.5 Å². The van der Waals surface area contributed by atoms with Crippen molar-refractivity contribution in [1.29, 1.82) is 5.26 Å². The summed E-state index contributed by atoms with van der Waals surface area (Å²) in [5, 5.41) is 12.9. The van der Waals surface area contributed by atoms with Crippen LogP contribution in [-0.4, -0.2) is 5.91 Å². The van der Waals surface area contributed by atoms with Gasteiger partial charge in [0.05, 0.1) is 0 Å². The molecule has 0 aliphatic rings. The van der Waals surface area contributed by atoms with Crippen LogP contribution in [0.2, 0.25) is 5.02 Å². The number of carbonyl (C=O) groups is 1. The van der Waals surface area contributed by atoms with Gasteiger partial charge in [-0.1, -0.05) is 60.1 Å². The molecule has 0 aliphatic carbocycles. The zero-order valence-electron chi connectivity index (χ0n) is 15.0. The maximum absolute atomic E-state index is 12.6. The van der Waals surface area contributed by atoms with Crippen LogP contribution in [0.25, 0.3) is 0 Å². The van der Waals surface area contributed by atoms with Crippen LogP contribution >= 0.6 is 11.6 Å². The van der Waals surface area contributed by atoms with Crippen LogP contribution < -0.4 is 10.2 Å². The summed E-state index contributed by atoms with van der Waals surface area (Å²) >= 11 is 5.87. The Kier molecular flexibility index (Phi) is 6.46. The highest BCUT2D eigenvalue weighted by molar-refractivity contribution is 6.30. The smallest absolute Gasteiger partial charge is 0.267 e. The maximum Gasteiger partial charge on any atom is 0.267 e. The van der Waals surface area contributed by atoms with Crippen LogP contribution in [0.5, 0.6) is 0 Å². The third kappa shape index (κ3) is 5.23. The van der Waals surface area contributed by atoms with Crippen molar-refractivity contribution in [3.63, 3.8) is 0 Å². The second-order valence-corrected chi connectivity index (χ2v) is 6.50. The normalized spacial score (nSPS) is 10.8. The number of nitriles is 1. The predicted octanol–water partition coefficient (Wildman–Crippen LogP) is 5.39. The van der Waals surface area contributed by atoms with Crippen LogP contribution in [0, 0.1) is 11.3 Å². The molecule has 0 unspecified atom stereocenters. The number of hydrogen-bond acceptors (Lipinski definition) is 3. The third-order valence-electron chi connectivity index (χ3n) is 4.04. The van der Waals surface area contributed by atoms with E-state index in [1.165, 1.54) is 0 Å². The fraction of sp³-hybridized carbons (Fsp3) is 0.0435. The van der Waals surface area contributed by atoms with Gasteiger partial charge < -0.3 is 10.2 Å². The number of nitrogens with zero attached hydrogens (tertiary/aromatic N) is 2. The van der Waals surface area contributed by atoms with Gasteiger partial charge in [0.15, 0.2) is 0 Å². The largest absolute Gasteiger partial charge is 0.342 e. The number of anilines is 2. The Bertz CT molecular complexity index is 994. The zero-order valence-corrected chi connectivity index (χ0v) is 15.8. The van der Waals surface area contributed by atoms with Crippen LogP contribution in [0.15, 0.2) is 96.7 Å². The first-order chi connectivity index (χ1) is 13.7. The summed E-state index contributed by atoms with van der Waals surface area (Å²) in [6.45, 7) is 0.532. The van der Waals surface area contributed by atoms with Crippen molar-refractivity contribution in [2.24, 2.45) is 0 Å². The minimum absolute atomic E-state index is 0.00901. The van der Waals surface area contributed by atoms with E-state index in [0.717, 1.165) is 11.3 Å². The van der Waals surface area contributed by atoms with Gasteiger partial charge in [-0.05, 0) is 42.0 Å². The molecule has 0 spiro atoms. The second-order valence-electron chi connectivity index (χ2n) is 6.06. The molecule has 0 saturated heterocycles. The van der Waals surface area contributed by atoms with Crippen molar-refractivity contribution < 1.29 is 4.79 Å². The summed E-state index contributed by atoms with van der Waals surface area (Å²) < 4.78 is 0. The van der Waals surface area contributed by atoms with Crippen LogP contribution in [0.4, 0.5) is 11.4 Å². The number of hydrogen-bond donors (Lipinski definition) is 1. The van der Waals surface area contributed by atoms with Crippen LogP contribution in [-0.2, 0) is 11.3 Å². The van der Waals surface area contributed by atoms with Gasteiger partial charge in [0, 0.05) is 29.1 Å². The molecule has 0 radical (unpaired) electrons. The summed E-state index contributed by atoms with van der Waals surface area (Å²) in [5.41, 5.74) is 2.54. The van der Waals surface area contributed by atoms with Crippen molar-refractivity contribution >= 4 is 28.9 Å². The lowest BCUT2D eigenvalue weighted by atomic mass is 10.2. The molecule has 1 N–H and O–H groups in total. The van der Waals surface area contributed by atoms with E-state index in [0.29, 0.717) is 17.3 Å². The molecular formula is C23H18ClN3O. The van der Waals surface area contributed by atoms with Crippen LogP contribution in [0.3, 0.4) is 0 Å². The number of amides is 1. The van der Waals surface area contributed by atoms with Crippen molar-refractivity contribution in [3.05, 3.63) is 107 Å². The Balaban J connectivity index is 1.87. The molecule has 5 heteroatoms. The number of nitrogens with one attached hydrogen (secondary N) is 1. The van der Waals surface area contributed by atoms with Gasteiger partial charge >= 0.3 is 0 Å². The quantitative estimate of drug-likeness (QED) is 0.455. The fourth-order valence-electron chi connectivity index (χ4n) is 2.64. The average Bonchev–Trinajstić information content (AvgIpc) is 2.74. The number of benzene rings is 3. The number of carbonyl (C=O) groups excluding carboxylic acids is 1. The molecule has 0 saturated carbocycles. The van der Waals surface area contributed by atoms with Crippen molar-refractivity contribution in [2.75, 3.05) is 10.2 Å². The molecule has 0 bridgehead atoms. The standard InChI is InChI=1S/C23H18ClN3O/c24-20-11-13-21(14-12-20)26-23(28)19(15-25)17-27(22-9-5-2-6-10-22)16-18-7-3-1-4-8-18/h1-14,17H,16H2,(H,26,28)/b19-17-. The number of para-hydroxylation sites is 1. The summed E-state index contributed by atoms with van der Waals surface area (Å²) in [7, 11) is 0. The highest BCUT2D eigenvalue weighted by atomic mass is 35.5. The van der Waals surface area contributed by atoms with E-state index in [9.17, 15) is 10.1 Å². The monoisotopic (exact) mass is 387 g/mol. The third-order valence-corrected chi connectivity index (χ3v) is 4.29. The van der Waals surface area contributed by atoms with Crippen molar-refractivity contribution in [1.82, 2.24) is 0 Å². The molecule has 0 atom stereocenters. The summed E-state index contributed by atoms with van der Waals surface area (Å²) in [4.78, 5) is 14.5. The van der Waals surface area contributed by atoms with E-state index in [2.05, 4.69) is 5.32 Å². The first-order valence-corrected chi connectivity index (χ1v) is 9.08. The summed E-state index contributed by atoms with van der Waals surface area (Å²) in [6, 6.07) is 28.2. The highest BCUT2D eigenvalue weighted by Crippen LogP contribution is 2.19. The minimum Gasteiger partial charge on any atom is -0.342 e.